The first kappa shape index (κ1) is 6.56. The molecule has 0 aromatic heterocycles. The fraction of sp³-hybridized carbons (Fsp3) is 0.500. The van der Waals surface area contributed by atoms with Gasteiger partial charge < -0.3 is 5.73 Å². The third-order valence-electron chi connectivity index (χ3n) is 1.78. The molecule has 1 aliphatic rings. The number of allylic oxidation sites excluding steroid dienone is 2. The minimum Gasteiger partial charge on any atom is -0.324 e. The molecular formula is C8H13N. The van der Waals surface area contributed by atoms with Crippen LogP contribution in [0.1, 0.15) is 20.3 Å². The van der Waals surface area contributed by atoms with Gasteiger partial charge in [-0.05, 0) is 20.3 Å². The highest BCUT2D eigenvalue weighted by atomic mass is 14.6. The first-order chi connectivity index (χ1) is 4.20. The van der Waals surface area contributed by atoms with E-state index in [0.717, 1.165) is 6.42 Å². The smallest absolute Gasteiger partial charge is 0.0264 e. The molecule has 1 nitrogen and oxygen atoms in total. The molecule has 0 radical (unpaired) electrons. The van der Waals surface area contributed by atoms with Crippen LogP contribution >= 0.6 is 0 Å². The Balaban J connectivity index is 2.75. The molecule has 2 N–H and O–H groups in total. The summed E-state index contributed by atoms with van der Waals surface area (Å²) >= 11 is 0. The molecule has 0 heterocycles. The van der Waals surface area contributed by atoms with Crippen molar-refractivity contribution < 1.29 is 0 Å². The lowest BCUT2D eigenvalue weighted by molar-refractivity contribution is 0.807. The fourth-order valence-electron chi connectivity index (χ4n) is 0.994. The molecule has 0 aromatic rings. The summed E-state index contributed by atoms with van der Waals surface area (Å²) in [5.74, 6) is 0. The van der Waals surface area contributed by atoms with Crippen molar-refractivity contribution in [2.45, 2.75) is 26.3 Å². The van der Waals surface area contributed by atoms with Crippen molar-refractivity contribution in [1.29, 1.82) is 0 Å². The Morgan fingerprint density at radius 2 is 2.11 bits per heavy atom. The zero-order chi connectivity index (χ0) is 6.85. The van der Waals surface area contributed by atoms with Crippen LogP contribution in [0.4, 0.5) is 0 Å². The van der Waals surface area contributed by atoms with E-state index in [1.54, 1.807) is 0 Å². The molecule has 0 aromatic carbocycles. The summed E-state index contributed by atoms with van der Waals surface area (Å²) < 4.78 is 0. The molecule has 0 fully saturated rings. The monoisotopic (exact) mass is 123 g/mol. The third-order valence-corrected chi connectivity index (χ3v) is 1.78. The predicted molar refractivity (Wildman–Crippen MR) is 40.1 cm³/mol. The van der Waals surface area contributed by atoms with Gasteiger partial charge in [0.2, 0.25) is 0 Å². The molecule has 0 amide bonds. The van der Waals surface area contributed by atoms with Crippen molar-refractivity contribution in [3.8, 4) is 0 Å². The van der Waals surface area contributed by atoms with Crippen molar-refractivity contribution in [3.63, 3.8) is 0 Å². The van der Waals surface area contributed by atoms with Crippen LogP contribution in [-0.4, -0.2) is 6.04 Å². The number of rotatable bonds is 0. The maximum Gasteiger partial charge on any atom is 0.0264 e. The second kappa shape index (κ2) is 2.36. The standard InChI is InChI=1S/C8H13N/c1-6-3-4-8(9)5-7(6)2/h3,5,8H,4,9H2,1-2H3. The Morgan fingerprint density at radius 3 is 2.56 bits per heavy atom. The molecule has 1 atom stereocenters. The van der Waals surface area contributed by atoms with Crippen molar-refractivity contribution in [2.75, 3.05) is 0 Å². The first-order valence-electron chi connectivity index (χ1n) is 3.31. The average molecular weight is 123 g/mol. The summed E-state index contributed by atoms with van der Waals surface area (Å²) in [5, 5.41) is 0. The average Bonchev–Trinajstić information content (AvgIpc) is 1.80. The first-order valence-corrected chi connectivity index (χ1v) is 3.31. The minimum absolute atomic E-state index is 0.258. The molecule has 0 bridgehead atoms. The zero-order valence-electron chi connectivity index (χ0n) is 6.02. The van der Waals surface area contributed by atoms with E-state index in [1.165, 1.54) is 11.1 Å². The lowest BCUT2D eigenvalue weighted by Gasteiger charge is -2.12. The van der Waals surface area contributed by atoms with Crippen LogP contribution in [0.5, 0.6) is 0 Å². The van der Waals surface area contributed by atoms with Crippen LogP contribution in [-0.2, 0) is 0 Å². The second-order valence-electron chi connectivity index (χ2n) is 2.64. The van der Waals surface area contributed by atoms with Gasteiger partial charge in [0.15, 0.2) is 0 Å². The molecule has 50 valence electrons. The summed E-state index contributed by atoms with van der Waals surface area (Å²) in [4.78, 5) is 0. The Hall–Kier alpha value is -0.560. The van der Waals surface area contributed by atoms with Gasteiger partial charge in [-0.25, -0.2) is 0 Å². The van der Waals surface area contributed by atoms with Gasteiger partial charge in [0, 0.05) is 6.04 Å². The summed E-state index contributed by atoms with van der Waals surface area (Å²) in [5.41, 5.74) is 8.37. The Kier molecular flexibility index (Phi) is 1.72. The molecular weight excluding hydrogens is 110 g/mol. The van der Waals surface area contributed by atoms with E-state index >= 15 is 0 Å². The van der Waals surface area contributed by atoms with E-state index in [0.29, 0.717) is 0 Å². The van der Waals surface area contributed by atoms with E-state index in [1.807, 2.05) is 0 Å². The van der Waals surface area contributed by atoms with Gasteiger partial charge in [-0.2, -0.15) is 0 Å². The van der Waals surface area contributed by atoms with Crippen LogP contribution in [0.3, 0.4) is 0 Å². The van der Waals surface area contributed by atoms with Gasteiger partial charge >= 0.3 is 0 Å². The maximum atomic E-state index is 5.67. The fourth-order valence-corrected chi connectivity index (χ4v) is 0.994. The number of nitrogens with two attached hydrogens (primary N) is 1. The molecule has 1 unspecified atom stereocenters. The highest BCUT2D eigenvalue weighted by molar-refractivity contribution is 5.31. The van der Waals surface area contributed by atoms with E-state index in [2.05, 4.69) is 26.0 Å². The van der Waals surface area contributed by atoms with Gasteiger partial charge in [-0.1, -0.05) is 23.3 Å². The van der Waals surface area contributed by atoms with Crippen LogP contribution in [0, 0.1) is 0 Å². The van der Waals surface area contributed by atoms with E-state index in [-0.39, 0.29) is 6.04 Å². The summed E-state index contributed by atoms with van der Waals surface area (Å²) in [7, 11) is 0. The van der Waals surface area contributed by atoms with Crippen LogP contribution in [0.15, 0.2) is 23.3 Å². The molecule has 0 saturated carbocycles. The zero-order valence-corrected chi connectivity index (χ0v) is 6.02. The van der Waals surface area contributed by atoms with Gasteiger partial charge in [-0.15, -0.1) is 0 Å². The normalized spacial score (nSPS) is 27.2. The lowest BCUT2D eigenvalue weighted by atomic mass is 9.98. The van der Waals surface area contributed by atoms with Gasteiger partial charge in [-0.3, -0.25) is 0 Å². The molecule has 0 saturated heterocycles. The molecule has 1 heteroatoms. The summed E-state index contributed by atoms with van der Waals surface area (Å²) in [6.45, 7) is 4.22. The quantitative estimate of drug-likeness (QED) is 0.520. The minimum atomic E-state index is 0.258. The molecule has 1 rings (SSSR count). The van der Waals surface area contributed by atoms with Gasteiger partial charge in [0.25, 0.3) is 0 Å². The molecule has 0 spiro atoms. The number of hydrogen-bond acceptors (Lipinski definition) is 1. The lowest BCUT2D eigenvalue weighted by Crippen LogP contribution is -2.18. The highest BCUT2D eigenvalue weighted by Gasteiger charge is 2.04. The SMILES string of the molecule is CC1=CCC(N)C=C1C. The largest absolute Gasteiger partial charge is 0.324 e. The van der Waals surface area contributed by atoms with E-state index in [4.69, 9.17) is 5.73 Å². The van der Waals surface area contributed by atoms with Crippen LogP contribution in [0.25, 0.3) is 0 Å². The summed E-state index contributed by atoms with van der Waals surface area (Å²) in [6, 6.07) is 0.258. The highest BCUT2D eigenvalue weighted by Crippen LogP contribution is 2.15. The Labute approximate surface area is 56.2 Å². The maximum absolute atomic E-state index is 5.67. The van der Waals surface area contributed by atoms with Crippen molar-refractivity contribution in [1.82, 2.24) is 0 Å². The van der Waals surface area contributed by atoms with Crippen molar-refractivity contribution in [3.05, 3.63) is 23.3 Å². The third kappa shape index (κ3) is 1.42. The van der Waals surface area contributed by atoms with Crippen LogP contribution in [0.2, 0.25) is 0 Å². The topological polar surface area (TPSA) is 26.0 Å². The number of hydrogen-bond donors (Lipinski definition) is 1. The Morgan fingerprint density at radius 1 is 1.44 bits per heavy atom. The van der Waals surface area contributed by atoms with E-state index in [9.17, 15) is 0 Å². The van der Waals surface area contributed by atoms with Gasteiger partial charge in [0.05, 0.1) is 0 Å². The molecule has 9 heavy (non-hydrogen) atoms. The van der Waals surface area contributed by atoms with Crippen molar-refractivity contribution >= 4 is 0 Å². The van der Waals surface area contributed by atoms with Crippen LogP contribution < -0.4 is 5.73 Å². The molecule has 1 aliphatic carbocycles. The molecule has 0 aliphatic heterocycles. The van der Waals surface area contributed by atoms with Crippen molar-refractivity contribution in [2.24, 2.45) is 5.73 Å². The Bertz CT molecular complexity index is 165. The van der Waals surface area contributed by atoms with E-state index < -0.39 is 0 Å². The summed E-state index contributed by atoms with van der Waals surface area (Å²) in [6.07, 6.45) is 5.32. The second-order valence-corrected chi connectivity index (χ2v) is 2.64. The predicted octanol–water partition coefficient (Wildman–Crippen LogP) is 1.61. The van der Waals surface area contributed by atoms with Gasteiger partial charge in [0.1, 0.15) is 0 Å².